The molecule has 4 heteroatoms. The van der Waals surface area contributed by atoms with E-state index in [1.165, 1.54) is 0 Å². The number of nitrogens with one attached hydrogen (secondary N) is 1. The van der Waals surface area contributed by atoms with Crippen molar-refractivity contribution in [1.82, 2.24) is 0 Å². The number of amides is 1. The zero-order valence-electron chi connectivity index (χ0n) is 12.1. The molecular formula is C15H22N2O2. The summed E-state index contributed by atoms with van der Waals surface area (Å²) in [6, 6.07) is 7.85. The van der Waals surface area contributed by atoms with Gasteiger partial charge in [0.25, 0.3) is 0 Å². The van der Waals surface area contributed by atoms with Crippen LogP contribution in [0.1, 0.15) is 27.7 Å². The number of carbonyl (C=O) groups excluding carboxylic acids is 1. The fraction of sp³-hybridized carbons (Fsp3) is 0.533. The van der Waals surface area contributed by atoms with Crippen molar-refractivity contribution in [3.05, 3.63) is 24.3 Å². The summed E-state index contributed by atoms with van der Waals surface area (Å²) in [5.41, 5.74) is 1.40. The molecule has 4 nitrogen and oxygen atoms in total. The van der Waals surface area contributed by atoms with Crippen LogP contribution >= 0.6 is 0 Å². The molecule has 0 aromatic heterocycles. The van der Waals surface area contributed by atoms with Crippen molar-refractivity contribution in [2.45, 2.75) is 33.3 Å². The molecule has 1 aliphatic heterocycles. The van der Waals surface area contributed by atoms with Gasteiger partial charge in [-0.05, 0) is 38.8 Å². The molecule has 0 radical (unpaired) electrons. The van der Waals surface area contributed by atoms with Crippen molar-refractivity contribution >= 4 is 17.5 Å². The van der Waals surface area contributed by atoms with E-state index >= 15 is 0 Å². The van der Waals surface area contributed by atoms with E-state index in [1.807, 2.05) is 45.0 Å². The molecule has 0 saturated heterocycles. The summed E-state index contributed by atoms with van der Waals surface area (Å²) in [6.07, 6.45) is -0.282. The molecule has 1 aromatic rings. The molecule has 1 amide bonds. The second-order valence-electron chi connectivity index (χ2n) is 6.09. The maximum absolute atomic E-state index is 12.4. The minimum atomic E-state index is -0.477. The molecule has 1 unspecified atom stereocenters. The largest absolute Gasteiger partial charge is 0.443 e. The molecule has 104 valence electrons. The number of hydrogen-bond donors (Lipinski definition) is 1. The first kappa shape index (κ1) is 13.7. The molecule has 1 aliphatic rings. The van der Waals surface area contributed by atoms with Crippen LogP contribution in [0.3, 0.4) is 0 Å². The first-order valence-corrected chi connectivity index (χ1v) is 6.70. The molecule has 1 N–H and O–H groups in total. The molecule has 0 bridgehead atoms. The van der Waals surface area contributed by atoms with Gasteiger partial charge in [-0.25, -0.2) is 4.79 Å². The highest BCUT2D eigenvalue weighted by molar-refractivity contribution is 5.92. The van der Waals surface area contributed by atoms with Crippen molar-refractivity contribution in [3.8, 4) is 0 Å². The van der Waals surface area contributed by atoms with Crippen LogP contribution in [0, 0.1) is 5.92 Å². The summed E-state index contributed by atoms with van der Waals surface area (Å²) in [6.45, 7) is 9.30. The maximum atomic E-state index is 12.4. The van der Waals surface area contributed by atoms with Crippen molar-refractivity contribution in [3.63, 3.8) is 0 Å². The summed E-state index contributed by atoms with van der Waals surface area (Å²) in [5, 5.41) is 3.37. The number of para-hydroxylation sites is 2. The summed E-state index contributed by atoms with van der Waals surface area (Å²) < 4.78 is 5.50. The van der Waals surface area contributed by atoms with Gasteiger partial charge in [-0.2, -0.15) is 0 Å². The van der Waals surface area contributed by atoms with Crippen molar-refractivity contribution in [2.75, 3.05) is 23.3 Å². The Balaban J connectivity index is 2.29. The lowest BCUT2D eigenvalue weighted by atomic mass is 10.2. The molecule has 1 aromatic carbocycles. The molecule has 0 fully saturated rings. The van der Waals surface area contributed by atoms with Crippen molar-refractivity contribution in [2.24, 2.45) is 5.92 Å². The third-order valence-electron chi connectivity index (χ3n) is 2.94. The number of fused-ring (bicyclic) bond motifs is 1. The average Bonchev–Trinajstić information content (AvgIpc) is 2.47. The summed E-state index contributed by atoms with van der Waals surface area (Å²) in [5.74, 6) is 0.375. The van der Waals surface area contributed by atoms with Crippen LogP contribution in [0.15, 0.2) is 24.3 Å². The number of anilines is 2. The number of carbonyl (C=O) groups is 1. The van der Waals surface area contributed by atoms with E-state index in [0.717, 1.165) is 17.9 Å². The van der Waals surface area contributed by atoms with E-state index in [2.05, 4.69) is 12.2 Å². The van der Waals surface area contributed by atoms with Gasteiger partial charge in [0.15, 0.2) is 0 Å². The minimum Gasteiger partial charge on any atom is -0.443 e. The number of benzene rings is 1. The zero-order valence-corrected chi connectivity index (χ0v) is 12.1. The van der Waals surface area contributed by atoms with Gasteiger partial charge < -0.3 is 10.1 Å². The van der Waals surface area contributed by atoms with Crippen molar-refractivity contribution < 1.29 is 9.53 Å². The smallest absolute Gasteiger partial charge is 0.414 e. The molecule has 0 aliphatic carbocycles. The highest BCUT2D eigenvalue weighted by Gasteiger charge is 2.28. The monoisotopic (exact) mass is 262 g/mol. The van der Waals surface area contributed by atoms with E-state index in [1.54, 1.807) is 4.90 Å². The number of rotatable bonds is 0. The number of hydrogen-bond acceptors (Lipinski definition) is 3. The standard InChI is InChI=1S/C15H22N2O2/c1-11-9-16-12-7-5-6-8-13(12)17(10-11)14(18)19-15(2,3)4/h5-8,11,16H,9-10H2,1-4H3. The third kappa shape index (κ3) is 3.40. The molecule has 1 atom stereocenters. The summed E-state index contributed by atoms with van der Waals surface area (Å²) >= 11 is 0. The molecule has 0 spiro atoms. The van der Waals surface area contributed by atoms with Gasteiger partial charge in [0.05, 0.1) is 11.4 Å². The Labute approximate surface area is 114 Å². The predicted octanol–water partition coefficient (Wildman–Crippen LogP) is 3.49. The maximum Gasteiger partial charge on any atom is 0.414 e. The van der Waals surface area contributed by atoms with Crippen LogP contribution in [-0.2, 0) is 4.74 Å². The van der Waals surface area contributed by atoms with Crippen LogP contribution < -0.4 is 10.2 Å². The van der Waals surface area contributed by atoms with Crippen LogP contribution in [0.25, 0.3) is 0 Å². The minimum absolute atomic E-state index is 0.282. The Morgan fingerprint density at radius 3 is 2.74 bits per heavy atom. The Morgan fingerprint density at radius 2 is 2.05 bits per heavy atom. The number of nitrogens with zero attached hydrogens (tertiary/aromatic N) is 1. The van der Waals surface area contributed by atoms with Gasteiger partial charge >= 0.3 is 6.09 Å². The molecule has 0 saturated carbocycles. The lowest BCUT2D eigenvalue weighted by Gasteiger charge is -2.28. The zero-order chi connectivity index (χ0) is 14.0. The van der Waals surface area contributed by atoms with Gasteiger partial charge in [-0.15, -0.1) is 0 Å². The molecule has 19 heavy (non-hydrogen) atoms. The average molecular weight is 262 g/mol. The fourth-order valence-electron chi connectivity index (χ4n) is 2.11. The SMILES string of the molecule is CC1CNc2ccccc2N(C(=O)OC(C)(C)C)C1. The normalized spacial score (nSPS) is 19.2. The predicted molar refractivity (Wildman–Crippen MR) is 77.7 cm³/mol. The lowest BCUT2D eigenvalue weighted by Crippen LogP contribution is -2.39. The van der Waals surface area contributed by atoms with Crippen LogP contribution in [-0.4, -0.2) is 24.8 Å². The Kier molecular flexibility index (Phi) is 3.69. The quantitative estimate of drug-likeness (QED) is 0.778. The van der Waals surface area contributed by atoms with Crippen LogP contribution in [0.5, 0.6) is 0 Å². The highest BCUT2D eigenvalue weighted by Crippen LogP contribution is 2.30. The van der Waals surface area contributed by atoms with Gasteiger partial charge in [-0.1, -0.05) is 19.1 Å². The topological polar surface area (TPSA) is 41.6 Å². The van der Waals surface area contributed by atoms with E-state index in [9.17, 15) is 4.79 Å². The van der Waals surface area contributed by atoms with Crippen LogP contribution in [0.4, 0.5) is 16.2 Å². The summed E-state index contributed by atoms with van der Waals surface area (Å²) in [7, 11) is 0. The molecule has 2 rings (SSSR count). The third-order valence-corrected chi connectivity index (χ3v) is 2.94. The van der Waals surface area contributed by atoms with Gasteiger partial charge in [0.1, 0.15) is 5.60 Å². The van der Waals surface area contributed by atoms with E-state index in [0.29, 0.717) is 12.5 Å². The molecular weight excluding hydrogens is 240 g/mol. The van der Waals surface area contributed by atoms with Crippen molar-refractivity contribution in [1.29, 1.82) is 0 Å². The Bertz CT molecular complexity index is 465. The van der Waals surface area contributed by atoms with Gasteiger partial charge in [0.2, 0.25) is 0 Å². The van der Waals surface area contributed by atoms with E-state index in [4.69, 9.17) is 4.74 Å². The summed E-state index contributed by atoms with van der Waals surface area (Å²) in [4.78, 5) is 14.1. The fourth-order valence-corrected chi connectivity index (χ4v) is 2.11. The Hall–Kier alpha value is -1.71. The van der Waals surface area contributed by atoms with E-state index in [-0.39, 0.29) is 6.09 Å². The first-order chi connectivity index (χ1) is 8.87. The number of ether oxygens (including phenoxy) is 1. The second-order valence-corrected chi connectivity index (χ2v) is 6.09. The van der Waals surface area contributed by atoms with Crippen LogP contribution in [0.2, 0.25) is 0 Å². The Morgan fingerprint density at radius 1 is 1.37 bits per heavy atom. The highest BCUT2D eigenvalue weighted by atomic mass is 16.6. The van der Waals surface area contributed by atoms with Gasteiger partial charge in [0, 0.05) is 13.1 Å². The van der Waals surface area contributed by atoms with Gasteiger partial charge in [-0.3, -0.25) is 4.90 Å². The lowest BCUT2D eigenvalue weighted by molar-refractivity contribution is 0.0577. The first-order valence-electron chi connectivity index (χ1n) is 6.70. The second kappa shape index (κ2) is 5.11. The molecule has 1 heterocycles. The van der Waals surface area contributed by atoms with E-state index < -0.39 is 5.60 Å².